The molecule has 0 spiro atoms. The maximum Gasteiger partial charge on any atom is 0.337 e. The largest absolute Gasteiger partial charge is 0.478 e. The van der Waals surface area contributed by atoms with Gasteiger partial charge < -0.3 is 15.3 Å². The van der Waals surface area contributed by atoms with E-state index in [0.29, 0.717) is 12.2 Å². The van der Waals surface area contributed by atoms with Gasteiger partial charge in [-0.05, 0) is 72.8 Å². The third kappa shape index (κ3) is 3.94. The molecule has 1 atom stereocenters. The summed E-state index contributed by atoms with van der Waals surface area (Å²) < 4.78 is 0. The molecule has 2 heterocycles. The highest BCUT2D eigenvalue weighted by Crippen LogP contribution is 2.41. The van der Waals surface area contributed by atoms with E-state index < -0.39 is 5.97 Å². The summed E-state index contributed by atoms with van der Waals surface area (Å²) in [5.74, 6) is -0.179. The van der Waals surface area contributed by atoms with Crippen LogP contribution in [0.15, 0.2) is 60.9 Å². The number of hydrogen-bond acceptors (Lipinski definition) is 5. The van der Waals surface area contributed by atoms with Crippen LogP contribution in [0.4, 0.5) is 17.1 Å². The lowest BCUT2D eigenvalue weighted by Gasteiger charge is -2.22. The lowest BCUT2D eigenvalue weighted by molar-refractivity contribution is 0.0697. The van der Waals surface area contributed by atoms with Crippen LogP contribution in [0.25, 0.3) is 0 Å². The monoisotopic (exact) mass is 428 g/mol. The number of rotatable bonds is 7. The Bertz CT molecular complexity index is 1140. The normalized spacial score (nSPS) is 17.8. The maximum absolute atomic E-state index is 11.5. The fraction of sp³-hybridized carbons (Fsp3) is 0.308. The number of benzene rings is 2. The number of aromatic carboxylic acids is 1. The predicted octanol–water partition coefficient (Wildman–Crippen LogP) is 5.02. The number of likely N-dealkylation sites (N-methyl/N-ethyl adjacent to an activating group) is 1. The maximum atomic E-state index is 11.5. The molecule has 2 N–H and O–H groups in total. The summed E-state index contributed by atoms with van der Waals surface area (Å²) in [6, 6.07) is 17.3. The van der Waals surface area contributed by atoms with Crippen LogP contribution in [0.1, 0.15) is 51.8 Å². The van der Waals surface area contributed by atoms with Crippen LogP contribution in [0.5, 0.6) is 0 Å². The Kier molecular flexibility index (Phi) is 5.31. The van der Waals surface area contributed by atoms with Gasteiger partial charge in [0.2, 0.25) is 0 Å². The van der Waals surface area contributed by atoms with Gasteiger partial charge in [0, 0.05) is 37.7 Å². The number of hydrogen-bond donors (Lipinski definition) is 2. The van der Waals surface area contributed by atoms with Gasteiger partial charge in [0.25, 0.3) is 0 Å². The molecule has 5 rings (SSSR count). The number of carboxylic acids is 1. The minimum absolute atomic E-state index is 0.170. The Balaban J connectivity index is 1.32. The number of nitrogens with zero attached hydrogens (tertiary/aromatic N) is 3. The first-order valence-electron chi connectivity index (χ1n) is 11.1. The van der Waals surface area contributed by atoms with Crippen molar-refractivity contribution < 1.29 is 9.90 Å². The lowest BCUT2D eigenvalue weighted by atomic mass is 10.0. The summed E-state index contributed by atoms with van der Waals surface area (Å²) in [6.07, 6.45) is 5.72. The van der Waals surface area contributed by atoms with E-state index in [1.54, 1.807) is 6.20 Å². The Hall–Kier alpha value is -3.38. The molecule has 3 aromatic rings. The number of fused-ring (bicyclic) bond motifs is 1. The average molecular weight is 429 g/mol. The average Bonchev–Trinajstić information content (AvgIpc) is 3.60. The summed E-state index contributed by atoms with van der Waals surface area (Å²) in [7, 11) is 4.22. The fourth-order valence-electron chi connectivity index (χ4n) is 4.61. The quantitative estimate of drug-likeness (QED) is 0.551. The SMILES string of the molecule is CN(c1ccc(C2CC2)cc1)c1ccc2c(c1)CN(C)C2CNc1cnccc1C(=O)O. The molecule has 2 aliphatic rings. The molecule has 0 radical (unpaired) electrons. The number of pyridine rings is 1. The summed E-state index contributed by atoms with van der Waals surface area (Å²) in [4.78, 5) is 20.1. The van der Waals surface area contributed by atoms with E-state index >= 15 is 0 Å². The van der Waals surface area contributed by atoms with E-state index in [1.165, 1.54) is 53.2 Å². The van der Waals surface area contributed by atoms with Crippen molar-refractivity contribution in [2.75, 3.05) is 30.9 Å². The molecule has 164 valence electrons. The Labute approximate surface area is 188 Å². The Morgan fingerprint density at radius 1 is 1.16 bits per heavy atom. The van der Waals surface area contributed by atoms with E-state index in [1.807, 2.05) is 0 Å². The molecule has 0 bridgehead atoms. The standard InChI is InChI=1S/C26H28N4O2/c1-29-16-19-13-21(30(2)20-7-5-18(6-8-20)17-3-4-17)9-10-22(19)25(29)15-28-24-14-27-12-11-23(24)26(31)32/h5-14,17,25,28H,3-4,15-16H2,1-2H3,(H,31,32). The van der Waals surface area contributed by atoms with Crippen molar-refractivity contribution in [3.8, 4) is 0 Å². The van der Waals surface area contributed by atoms with Crippen molar-refractivity contribution in [1.82, 2.24) is 9.88 Å². The molecular formula is C26H28N4O2. The first-order chi connectivity index (χ1) is 15.5. The van der Waals surface area contributed by atoms with Crippen LogP contribution in [-0.4, -0.2) is 41.6 Å². The van der Waals surface area contributed by atoms with Crippen LogP contribution in [-0.2, 0) is 6.54 Å². The van der Waals surface area contributed by atoms with Crippen molar-refractivity contribution in [3.05, 3.63) is 83.2 Å². The van der Waals surface area contributed by atoms with Crippen LogP contribution < -0.4 is 10.2 Å². The van der Waals surface area contributed by atoms with E-state index in [9.17, 15) is 9.90 Å². The molecule has 1 aliphatic carbocycles. The molecule has 6 heteroatoms. The summed E-state index contributed by atoms with van der Waals surface area (Å²) in [5.41, 5.74) is 7.19. The molecule has 0 saturated heterocycles. The van der Waals surface area contributed by atoms with Crippen LogP contribution in [0.3, 0.4) is 0 Å². The van der Waals surface area contributed by atoms with Crippen LogP contribution in [0, 0.1) is 0 Å². The van der Waals surface area contributed by atoms with E-state index in [0.717, 1.165) is 12.5 Å². The van der Waals surface area contributed by atoms with Gasteiger partial charge in [-0.2, -0.15) is 0 Å². The van der Waals surface area contributed by atoms with Crippen LogP contribution >= 0.6 is 0 Å². The number of carboxylic acid groups (broad SMARTS) is 1. The second-order valence-electron chi connectivity index (χ2n) is 8.85. The van der Waals surface area contributed by atoms with E-state index in [2.05, 4.69) is 76.7 Å². The molecule has 32 heavy (non-hydrogen) atoms. The number of carbonyl (C=O) groups is 1. The van der Waals surface area contributed by atoms with Crippen LogP contribution in [0.2, 0.25) is 0 Å². The zero-order valence-electron chi connectivity index (χ0n) is 18.5. The van der Waals surface area contributed by atoms with Gasteiger partial charge in [-0.15, -0.1) is 0 Å². The second-order valence-corrected chi connectivity index (χ2v) is 8.85. The van der Waals surface area contributed by atoms with Gasteiger partial charge in [-0.25, -0.2) is 4.79 Å². The van der Waals surface area contributed by atoms with E-state index in [4.69, 9.17) is 0 Å². The first kappa shape index (κ1) is 20.5. The number of anilines is 3. The first-order valence-corrected chi connectivity index (χ1v) is 11.1. The number of aromatic nitrogens is 1. The highest BCUT2D eigenvalue weighted by Gasteiger charge is 2.28. The van der Waals surface area contributed by atoms with Crippen molar-refractivity contribution in [1.29, 1.82) is 0 Å². The van der Waals surface area contributed by atoms with Crippen molar-refractivity contribution in [2.24, 2.45) is 0 Å². The fourth-order valence-corrected chi connectivity index (χ4v) is 4.61. The minimum Gasteiger partial charge on any atom is -0.478 e. The van der Waals surface area contributed by atoms with Gasteiger partial charge in [0.15, 0.2) is 0 Å². The van der Waals surface area contributed by atoms with Crippen molar-refractivity contribution >= 4 is 23.0 Å². The molecule has 1 aliphatic heterocycles. The van der Waals surface area contributed by atoms with Gasteiger partial charge in [-0.1, -0.05) is 18.2 Å². The lowest BCUT2D eigenvalue weighted by Crippen LogP contribution is -2.24. The molecule has 1 aromatic heterocycles. The summed E-state index contributed by atoms with van der Waals surface area (Å²) in [6.45, 7) is 1.48. The van der Waals surface area contributed by atoms with Gasteiger partial charge in [-0.3, -0.25) is 9.88 Å². The summed E-state index contributed by atoms with van der Waals surface area (Å²) in [5, 5.41) is 12.7. The molecule has 6 nitrogen and oxygen atoms in total. The third-order valence-corrected chi connectivity index (χ3v) is 6.69. The zero-order chi connectivity index (χ0) is 22.2. The van der Waals surface area contributed by atoms with Gasteiger partial charge >= 0.3 is 5.97 Å². The highest BCUT2D eigenvalue weighted by molar-refractivity contribution is 5.93. The van der Waals surface area contributed by atoms with Gasteiger partial charge in [0.1, 0.15) is 0 Å². The molecule has 1 unspecified atom stereocenters. The second kappa shape index (κ2) is 8.28. The Morgan fingerprint density at radius 3 is 2.62 bits per heavy atom. The molecule has 1 fully saturated rings. The van der Waals surface area contributed by atoms with E-state index in [-0.39, 0.29) is 11.6 Å². The molecule has 2 aromatic carbocycles. The van der Waals surface area contributed by atoms with Gasteiger partial charge in [0.05, 0.1) is 23.5 Å². The van der Waals surface area contributed by atoms with Crippen molar-refractivity contribution in [3.63, 3.8) is 0 Å². The van der Waals surface area contributed by atoms with Crippen molar-refractivity contribution in [2.45, 2.75) is 31.3 Å². The molecular weight excluding hydrogens is 400 g/mol. The molecule has 0 amide bonds. The predicted molar refractivity (Wildman–Crippen MR) is 127 cm³/mol. The Morgan fingerprint density at radius 2 is 1.91 bits per heavy atom. The summed E-state index contributed by atoms with van der Waals surface area (Å²) >= 11 is 0. The number of nitrogens with one attached hydrogen (secondary N) is 1. The highest BCUT2D eigenvalue weighted by atomic mass is 16.4. The molecule has 1 saturated carbocycles. The smallest absolute Gasteiger partial charge is 0.337 e. The topological polar surface area (TPSA) is 68.7 Å². The minimum atomic E-state index is -0.951. The third-order valence-electron chi connectivity index (χ3n) is 6.69. The zero-order valence-corrected chi connectivity index (χ0v) is 18.5.